The van der Waals surface area contributed by atoms with E-state index in [1.807, 2.05) is 6.07 Å². The normalized spacial score (nSPS) is 11.9. The first-order chi connectivity index (χ1) is 13.6. The van der Waals surface area contributed by atoms with Crippen LogP contribution in [-0.4, -0.2) is 33.0 Å². The average molecular weight is 421 g/mol. The van der Waals surface area contributed by atoms with E-state index >= 15 is 0 Å². The molecule has 0 aliphatic rings. The fraction of sp³-hybridized carbons (Fsp3) is 0.211. The van der Waals surface area contributed by atoms with Crippen molar-refractivity contribution in [2.75, 3.05) is 12.8 Å². The van der Waals surface area contributed by atoms with Gasteiger partial charge in [0.15, 0.2) is 21.5 Å². The van der Waals surface area contributed by atoms with Gasteiger partial charge in [-0.2, -0.15) is 5.26 Å². The minimum absolute atomic E-state index is 0.0407. The second kappa shape index (κ2) is 9.25. The Kier molecular flexibility index (Phi) is 7.01. The highest BCUT2D eigenvalue weighted by atomic mass is 32.2. The molecule has 0 radical (unpaired) electrons. The van der Waals surface area contributed by atoms with Crippen molar-refractivity contribution in [1.29, 1.82) is 5.26 Å². The van der Waals surface area contributed by atoms with Crippen LogP contribution in [0.25, 0.3) is 0 Å². The molecule has 7 nitrogen and oxygen atoms in total. The number of hydrogen-bond acceptors (Lipinski definition) is 5. The number of nitriles is 1. The van der Waals surface area contributed by atoms with E-state index in [4.69, 9.17) is 5.26 Å². The van der Waals surface area contributed by atoms with Crippen LogP contribution in [0.1, 0.15) is 22.7 Å². The number of carbonyl (C=O) groups is 2. The van der Waals surface area contributed by atoms with Crippen LogP contribution < -0.4 is 10.6 Å². The van der Waals surface area contributed by atoms with E-state index in [9.17, 15) is 26.8 Å². The highest BCUT2D eigenvalue weighted by molar-refractivity contribution is 7.91. The van der Waals surface area contributed by atoms with E-state index in [2.05, 4.69) is 10.6 Å². The maximum Gasteiger partial charge on any atom is 0.246 e. The maximum absolute atomic E-state index is 13.5. The zero-order valence-electron chi connectivity index (χ0n) is 15.3. The lowest BCUT2D eigenvalue weighted by Gasteiger charge is -2.18. The van der Waals surface area contributed by atoms with Crippen molar-refractivity contribution in [3.05, 3.63) is 70.8 Å². The first-order valence-corrected chi connectivity index (χ1v) is 10.1. The summed E-state index contributed by atoms with van der Waals surface area (Å²) in [5, 5.41) is 13.3. The number of likely N-dealkylation sites (N-methyl/N-ethyl adjacent to an activating group) is 1. The summed E-state index contributed by atoms with van der Waals surface area (Å²) in [4.78, 5) is 24.3. The fourth-order valence-electron chi connectivity index (χ4n) is 2.52. The van der Waals surface area contributed by atoms with Gasteiger partial charge >= 0.3 is 0 Å². The lowest BCUT2D eigenvalue weighted by Crippen LogP contribution is -2.41. The van der Waals surface area contributed by atoms with E-state index in [1.165, 1.54) is 31.3 Å². The third-order valence-electron chi connectivity index (χ3n) is 3.91. The highest BCUT2D eigenvalue weighted by Crippen LogP contribution is 2.17. The Morgan fingerprint density at radius 3 is 2.31 bits per heavy atom. The molecular weight excluding hydrogens is 404 g/mol. The molecule has 2 N–H and O–H groups in total. The lowest BCUT2D eigenvalue weighted by atomic mass is 10.1. The fourth-order valence-corrected chi connectivity index (χ4v) is 3.80. The molecule has 1 atom stereocenters. The number of halogens is 2. The quantitative estimate of drug-likeness (QED) is 0.700. The topological polar surface area (TPSA) is 116 Å². The molecule has 0 saturated carbocycles. The summed E-state index contributed by atoms with van der Waals surface area (Å²) in [6, 6.07) is 9.01. The van der Waals surface area contributed by atoms with Crippen LogP contribution in [-0.2, 0) is 25.2 Å². The minimum atomic E-state index is -3.89. The first kappa shape index (κ1) is 22.0. The molecule has 2 aromatic carbocycles. The molecule has 0 aliphatic carbocycles. The number of sulfone groups is 1. The molecule has 0 aromatic heterocycles. The van der Waals surface area contributed by atoms with E-state index < -0.39 is 50.8 Å². The van der Waals surface area contributed by atoms with Crippen LogP contribution in [0.15, 0.2) is 42.5 Å². The van der Waals surface area contributed by atoms with Crippen molar-refractivity contribution in [1.82, 2.24) is 10.6 Å². The van der Waals surface area contributed by atoms with E-state index in [-0.39, 0.29) is 5.56 Å². The molecule has 2 aromatic rings. The molecule has 2 rings (SSSR count). The number of rotatable bonds is 7. The zero-order valence-corrected chi connectivity index (χ0v) is 16.1. The Morgan fingerprint density at radius 1 is 1.10 bits per heavy atom. The standard InChI is InChI=1S/C19H17F2N3O4S/c1-23-19(26)18(14-6-7-15(20)16(21)8-14)24-17(25)11-29(27,28)10-13-4-2-12(9-22)3-5-13/h2-8,18H,10-11H2,1H3,(H,23,26)(H,24,25). The summed E-state index contributed by atoms with van der Waals surface area (Å²) in [7, 11) is -2.61. The number of benzene rings is 2. The third kappa shape index (κ3) is 6.08. The van der Waals surface area contributed by atoms with Gasteiger partial charge in [-0.05, 0) is 35.4 Å². The van der Waals surface area contributed by atoms with Crippen molar-refractivity contribution < 1.29 is 26.8 Å². The van der Waals surface area contributed by atoms with Gasteiger partial charge in [0.1, 0.15) is 11.8 Å². The van der Waals surface area contributed by atoms with Crippen LogP contribution >= 0.6 is 0 Å². The summed E-state index contributed by atoms with van der Waals surface area (Å²) in [6.07, 6.45) is 0. The first-order valence-electron chi connectivity index (χ1n) is 8.30. The molecule has 29 heavy (non-hydrogen) atoms. The minimum Gasteiger partial charge on any atom is -0.357 e. The summed E-state index contributed by atoms with van der Waals surface area (Å²) < 4.78 is 51.2. The van der Waals surface area contributed by atoms with Gasteiger partial charge < -0.3 is 10.6 Å². The number of hydrogen-bond donors (Lipinski definition) is 2. The second-order valence-corrected chi connectivity index (χ2v) is 8.19. The van der Waals surface area contributed by atoms with Gasteiger partial charge in [-0.3, -0.25) is 9.59 Å². The molecule has 0 heterocycles. The predicted octanol–water partition coefficient (Wildman–Crippen LogP) is 1.35. The molecule has 2 amide bonds. The summed E-state index contributed by atoms with van der Waals surface area (Å²) in [6.45, 7) is 0. The number of nitrogens with zero attached hydrogens (tertiary/aromatic N) is 1. The maximum atomic E-state index is 13.5. The van der Waals surface area contributed by atoms with Crippen LogP contribution in [0.5, 0.6) is 0 Å². The molecule has 1 unspecified atom stereocenters. The van der Waals surface area contributed by atoms with Gasteiger partial charge in [-0.15, -0.1) is 0 Å². The van der Waals surface area contributed by atoms with Gasteiger partial charge in [-0.25, -0.2) is 17.2 Å². The van der Waals surface area contributed by atoms with Gasteiger partial charge in [0.25, 0.3) is 0 Å². The molecule has 0 bridgehead atoms. The number of amides is 2. The Bertz CT molecular complexity index is 1060. The molecule has 152 valence electrons. The smallest absolute Gasteiger partial charge is 0.246 e. The van der Waals surface area contributed by atoms with Gasteiger partial charge in [-0.1, -0.05) is 18.2 Å². The van der Waals surface area contributed by atoms with Crippen molar-refractivity contribution in [2.45, 2.75) is 11.8 Å². The molecule has 0 saturated heterocycles. The largest absolute Gasteiger partial charge is 0.357 e. The molecule has 10 heteroatoms. The predicted molar refractivity (Wildman–Crippen MR) is 100.0 cm³/mol. The molecule has 0 aliphatic heterocycles. The highest BCUT2D eigenvalue weighted by Gasteiger charge is 2.26. The van der Waals surface area contributed by atoms with Gasteiger partial charge in [0.2, 0.25) is 11.8 Å². The van der Waals surface area contributed by atoms with Crippen LogP contribution in [0, 0.1) is 23.0 Å². The molecule has 0 spiro atoms. The van der Waals surface area contributed by atoms with Crippen molar-refractivity contribution in [3.63, 3.8) is 0 Å². The zero-order chi connectivity index (χ0) is 21.6. The van der Waals surface area contributed by atoms with Crippen molar-refractivity contribution in [3.8, 4) is 6.07 Å². The second-order valence-electron chi connectivity index (χ2n) is 6.13. The Balaban J connectivity index is 2.12. The number of carbonyl (C=O) groups excluding carboxylic acids is 2. The van der Waals surface area contributed by atoms with Crippen LogP contribution in [0.2, 0.25) is 0 Å². The van der Waals surface area contributed by atoms with Gasteiger partial charge in [0.05, 0.1) is 17.4 Å². The van der Waals surface area contributed by atoms with E-state index in [0.29, 0.717) is 11.1 Å². The molecular formula is C19H17F2N3O4S. The SMILES string of the molecule is CNC(=O)C(NC(=O)CS(=O)(=O)Cc1ccc(C#N)cc1)c1ccc(F)c(F)c1. The summed E-state index contributed by atoms with van der Waals surface area (Å²) in [5.74, 6) is -5.39. The summed E-state index contributed by atoms with van der Waals surface area (Å²) >= 11 is 0. The monoisotopic (exact) mass is 421 g/mol. The van der Waals surface area contributed by atoms with Crippen LogP contribution in [0.4, 0.5) is 8.78 Å². The summed E-state index contributed by atoms with van der Waals surface area (Å²) in [5.41, 5.74) is 0.713. The number of nitrogens with one attached hydrogen (secondary N) is 2. The van der Waals surface area contributed by atoms with Crippen LogP contribution in [0.3, 0.4) is 0 Å². The Morgan fingerprint density at radius 2 is 1.76 bits per heavy atom. The Hall–Kier alpha value is -3.32. The third-order valence-corrected chi connectivity index (χ3v) is 5.39. The van der Waals surface area contributed by atoms with E-state index in [0.717, 1.165) is 18.2 Å². The van der Waals surface area contributed by atoms with E-state index in [1.54, 1.807) is 0 Å². The van der Waals surface area contributed by atoms with Crippen molar-refractivity contribution >= 4 is 21.7 Å². The van der Waals surface area contributed by atoms with Gasteiger partial charge in [0, 0.05) is 7.05 Å². The lowest BCUT2D eigenvalue weighted by molar-refractivity contribution is -0.127. The van der Waals surface area contributed by atoms with Crippen molar-refractivity contribution in [2.24, 2.45) is 0 Å². The Labute approximate surface area is 166 Å². The average Bonchev–Trinajstić information content (AvgIpc) is 2.67. The molecule has 0 fully saturated rings.